The normalized spacial score (nSPS) is 15.7. The molecular formula is C16H25ClN2O3. The summed E-state index contributed by atoms with van der Waals surface area (Å²) >= 11 is 0. The first kappa shape index (κ1) is 18.6. The van der Waals surface area contributed by atoms with Crippen LogP contribution in [0.5, 0.6) is 11.5 Å². The summed E-state index contributed by atoms with van der Waals surface area (Å²) in [4.78, 5) is 12.1. The standard InChI is InChI=1S/C16H24N2O3.ClH/c1-10(2)15(18-16(19)11(3)9-17)12-4-5-13-14(8-12)21-7-6-20-13;/h4-5,8,10-11,15H,6-7,9,17H2,1-3H3,(H,18,19);1H. The molecule has 0 radical (unpaired) electrons. The van der Waals surface area contributed by atoms with E-state index in [-0.39, 0.29) is 36.2 Å². The van der Waals surface area contributed by atoms with Gasteiger partial charge in [0.1, 0.15) is 13.2 Å². The van der Waals surface area contributed by atoms with Gasteiger partial charge in [0.05, 0.1) is 6.04 Å². The van der Waals surface area contributed by atoms with E-state index < -0.39 is 0 Å². The number of nitrogens with two attached hydrogens (primary N) is 1. The molecule has 6 heteroatoms. The SMILES string of the molecule is CC(CN)C(=O)NC(c1ccc2c(c1)OCCO2)C(C)C.Cl. The van der Waals surface area contributed by atoms with Crippen LogP contribution in [0, 0.1) is 11.8 Å². The van der Waals surface area contributed by atoms with Crippen molar-refractivity contribution in [2.45, 2.75) is 26.8 Å². The van der Waals surface area contributed by atoms with E-state index in [1.54, 1.807) is 0 Å². The van der Waals surface area contributed by atoms with Crippen molar-refractivity contribution >= 4 is 18.3 Å². The minimum atomic E-state index is -0.191. The van der Waals surface area contributed by atoms with Crippen molar-refractivity contribution in [1.82, 2.24) is 5.32 Å². The monoisotopic (exact) mass is 328 g/mol. The summed E-state index contributed by atoms with van der Waals surface area (Å²) in [6, 6.07) is 5.76. The average Bonchev–Trinajstić information content (AvgIpc) is 2.50. The van der Waals surface area contributed by atoms with Gasteiger partial charge in [0, 0.05) is 12.5 Å². The average molecular weight is 329 g/mol. The van der Waals surface area contributed by atoms with Crippen LogP contribution >= 0.6 is 12.4 Å². The van der Waals surface area contributed by atoms with Gasteiger partial charge in [-0.1, -0.05) is 26.8 Å². The van der Waals surface area contributed by atoms with Gasteiger partial charge in [0.2, 0.25) is 5.91 Å². The molecule has 1 aliphatic rings. The largest absolute Gasteiger partial charge is 0.486 e. The fourth-order valence-electron chi connectivity index (χ4n) is 2.29. The third kappa shape index (κ3) is 4.27. The van der Waals surface area contributed by atoms with Gasteiger partial charge in [-0.15, -0.1) is 12.4 Å². The molecule has 2 unspecified atom stereocenters. The number of halogens is 1. The molecule has 1 aromatic carbocycles. The third-order valence-electron chi connectivity index (χ3n) is 3.69. The van der Waals surface area contributed by atoms with Gasteiger partial charge in [0.15, 0.2) is 11.5 Å². The Balaban J connectivity index is 0.00000242. The first-order valence-corrected chi connectivity index (χ1v) is 7.43. The molecule has 0 spiro atoms. The van der Waals surface area contributed by atoms with E-state index >= 15 is 0 Å². The smallest absolute Gasteiger partial charge is 0.224 e. The number of benzene rings is 1. The van der Waals surface area contributed by atoms with Gasteiger partial charge < -0.3 is 20.5 Å². The Morgan fingerprint density at radius 2 is 1.86 bits per heavy atom. The number of hydrogen-bond donors (Lipinski definition) is 2. The van der Waals surface area contributed by atoms with Crippen LogP contribution in [0.1, 0.15) is 32.4 Å². The second-order valence-corrected chi connectivity index (χ2v) is 5.77. The van der Waals surface area contributed by atoms with Crippen LogP contribution in [0.4, 0.5) is 0 Å². The second kappa shape index (κ2) is 8.25. The summed E-state index contributed by atoms with van der Waals surface area (Å²) in [5.41, 5.74) is 6.58. The molecule has 0 saturated heterocycles. The Morgan fingerprint density at radius 3 is 2.45 bits per heavy atom. The maximum absolute atomic E-state index is 12.1. The quantitative estimate of drug-likeness (QED) is 0.869. The van der Waals surface area contributed by atoms with Gasteiger partial charge >= 0.3 is 0 Å². The predicted molar refractivity (Wildman–Crippen MR) is 88.6 cm³/mol. The fourth-order valence-corrected chi connectivity index (χ4v) is 2.29. The molecular weight excluding hydrogens is 304 g/mol. The molecule has 5 nitrogen and oxygen atoms in total. The molecule has 2 rings (SSSR count). The minimum absolute atomic E-state index is 0. The highest BCUT2D eigenvalue weighted by atomic mass is 35.5. The van der Waals surface area contributed by atoms with Gasteiger partial charge in [-0.3, -0.25) is 4.79 Å². The van der Waals surface area contributed by atoms with E-state index in [9.17, 15) is 4.79 Å². The van der Waals surface area contributed by atoms with Crippen LogP contribution in [0.2, 0.25) is 0 Å². The first-order chi connectivity index (χ1) is 10.0. The Morgan fingerprint density at radius 1 is 1.23 bits per heavy atom. The third-order valence-corrected chi connectivity index (χ3v) is 3.69. The zero-order valence-corrected chi connectivity index (χ0v) is 14.1. The lowest BCUT2D eigenvalue weighted by atomic mass is 9.94. The van der Waals surface area contributed by atoms with Crippen molar-refractivity contribution in [2.24, 2.45) is 17.6 Å². The van der Waals surface area contributed by atoms with Gasteiger partial charge in [-0.05, 0) is 23.6 Å². The maximum atomic E-state index is 12.1. The summed E-state index contributed by atoms with van der Waals surface area (Å²) in [6.07, 6.45) is 0. The van der Waals surface area contributed by atoms with Crippen LogP contribution in [0.15, 0.2) is 18.2 Å². The molecule has 0 fully saturated rings. The van der Waals surface area contributed by atoms with Crippen LogP contribution in [-0.2, 0) is 4.79 Å². The zero-order chi connectivity index (χ0) is 15.4. The highest BCUT2D eigenvalue weighted by Gasteiger charge is 2.23. The van der Waals surface area contributed by atoms with E-state index in [4.69, 9.17) is 15.2 Å². The number of fused-ring (bicyclic) bond motifs is 1. The first-order valence-electron chi connectivity index (χ1n) is 7.43. The molecule has 1 aromatic rings. The molecule has 124 valence electrons. The number of rotatable bonds is 5. The summed E-state index contributed by atoms with van der Waals surface area (Å²) in [6.45, 7) is 7.46. The highest BCUT2D eigenvalue weighted by molar-refractivity contribution is 5.85. The van der Waals surface area contributed by atoms with Crippen molar-refractivity contribution in [3.63, 3.8) is 0 Å². The molecule has 2 atom stereocenters. The lowest BCUT2D eigenvalue weighted by molar-refractivity contribution is -0.125. The molecule has 3 N–H and O–H groups in total. The lowest BCUT2D eigenvalue weighted by Gasteiger charge is -2.26. The van der Waals surface area contributed by atoms with Gasteiger partial charge in [-0.25, -0.2) is 0 Å². The number of carbonyl (C=O) groups excluding carboxylic acids is 1. The van der Waals surface area contributed by atoms with Crippen molar-refractivity contribution in [3.8, 4) is 11.5 Å². The van der Waals surface area contributed by atoms with E-state index in [1.165, 1.54) is 0 Å². The molecule has 1 heterocycles. The Bertz CT molecular complexity index is 508. The molecule has 0 aliphatic carbocycles. The molecule has 22 heavy (non-hydrogen) atoms. The predicted octanol–water partition coefficient (Wildman–Crippen LogP) is 2.29. The zero-order valence-electron chi connectivity index (χ0n) is 13.3. The fraction of sp³-hybridized carbons (Fsp3) is 0.562. The summed E-state index contributed by atoms with van der Waals surface area (Å²) in [5.74, 6) is 1.55. The number of ether oxygens (including phenoxy) is 2. The number of nitrogens with one attached hydrogen (secondary N) is 1. The summed E-state index contributed by atoms with van der Waals surface area (Å²) < 4.78 is 11.1. The van der Waals surface area contributed by atoms with E-state index in [0.29, 0.717) is 19.8 Å². The Kier molecular flexibility index (Phi) is 6.97. The van der Waals surface area contributed by atoms with Crippen LogP contribution < -0.4 is 20.5 Å². The maximum Gasteiger partial charge on any atom is 0.224 e. The van der Waals surface area contributed by atoms with Crippen LogP contribution in [-0.4, -0.2) is 25.7 Å². The topological polar surface area (TPSA) is 73.6 Å². The van der Waals surface area contributed by atoms with Gasteiger partial charge in [-0.2, -0.15) is 0 Å². The summed E-state index contributed by atoms with van der Waals surface area (Å²) in [7, 11) is 0. The number of carbonyl (C=O) groups is 1. The highest BCUT2D eigenvalue weighted by Crippen LogP contribution is 2.34. The molecule has 1 aliphatic heterocycles. The lowest BCUT2D eigenvalue weighted by Crippen LogP contribution is -2.37. The Labute approximate surface area is 138 Å². The summed E-state index contributed by atoms with van der Waals surface area (Å²) in [5, 5.41) is 3.07. The second-order valence-electron chi connectivity index (χ2n) is 5.77. The molecule has 1 amide bonds. The van der Waals surface area contributed by atoms with Gasteiger partial charge in [0.25, 0.3) is 0 Å². The number of hydrogen-bond acceptors (Lipinski definition) is 4. The molecule has 0 aromatic heterocycles. The van der Waals surface area contributed by atoms with Crippen LogP contribution in [0.25, 0.3) is 0 Å². The minimum Gasteiger partial charge on any atom is -0.486 e. The number of amides is 1. The van der Waals surface area contributed by atoms with E-state index in [0.717, 1.165) is 17.1 Å². The van der Waals surface area contributed by atoms with Crippen molar-refractivity contribution in [1.29, 1.82) is 0 Å². The van der Waals surface area contributed by atoms with Crippen LogP contribution in [0.3, 0.4) is 0 Å². The van der Waals surface area contributed by atoms with Crippen molar-refractivity contribution in [3.05, 3.63) is 23.8 Å². The van der Waals surface area contributed by atoms with E-state index in [1.807, 2.05) is 25.1 Å². The Hall–Kier alpha value is -1.46. The van der Waals surface area contributed by atoms with Crippen molar-refractivity contribution < 1.29 is 14.3 Å². The van der Waals surface area contributed by atoms with E-state index in [2.05, 4.69) is 19.2 Å². The molecule has 0 bridgehead atoms. The molecule has 0 saturated carbocycles. The van der Waals surface area contributed by atoms with Crippen molar-refractivity contribution in [2.75, 3.05) is 19.8 Å².